The Labute approximate surface area is 119 Å². The van der Waals surface area contributed by atoms with Crippen LogP contribution >= 0.6 is 0 Å². The summed E-state index contributed by atoms with van der Waals surface area (Å²) in [5.41, 5.74) is 1.81. The van der Waals surface area contributed by atoms with Crippen LogP contribution in [-0.2, 0) is 17.8 Å². The summed E-state index contributed by atoms with van der Waals surface area (Å²) in [5.74, 6) is -0.998. The zero-order valence-corrected chi connectivity index (χ0v) is 11.5. The van der Waals surface area contributed by atoms with Gasteiger partial charge in [-0.25, -0.2) is 4.68 Å². The highest BCUT2D eigenvalue weighted by atomic mass is 16.6. The average molecular weight is 291 g/mol. The summed E-state index contributed by atoms with van der Waals surface area (Å²) in [4.78, 5) is 25.4. The van der Waals surface area contributed by atoms with Crippen LogP contribution in [0.1, 0.15) is 22.5 Å². The Hall–Kier alpha value is -2.84. The zero-order valence-electron chi connectivity index (χ0n) is 11.5. The monoisotopic (exact) mass is 291 g/mol. The molecule has 0 atom stereocenters. The summed E-state index contributed by atoms with van der Waals surface area (Å²) in [7, 11) is 0. The molecule has 0 unspecified atom stereocenters. The van der Waals surface area contributed by atoms with Gasteiger partial charge in [-0.15, -0.1) is 5.10 Å². The number of pyridine rings is 1. The first-order valence-electron chi connectivity index (χ1n) is 6.08. The van der Waals surface area contributed by atoms with E-state index < -0.39 is 10.9 Å². The van der Waals surface area contributed by atoms with E-state index in [1.807, 2.05) is 0 Å². The van der Waals surface area contributed by atoms with E-state index in [9.17, 15) is 14.9 Å². The van der Waals surface area contributed by atoms with Gasteiger partial charge >= 0.3 is 5.97 Å². The first-order chi connectivity index (χ1) is 9.88. The van der Waals surface area contributed by atoms with E-state index in [0.717, 1.165) is 0 Å². The summed E-state index contributed by atoms with van der Waals surface area (Å²) in [6.45, 7) is 3.45. The van der Waals surface area contributed by atoms with Gasteiger partial charge in [-0.3, -0.25) is 19.9 Å². The van der Waals surface area contributed by atoms with Crippen molar-refractivity contribution in [1.29, 1.82) is 0 Å². The fourth-order valence-electron chi connectivity index (χ4n) is 2.01. The molecule has 2 rings (SSSR count). The van der Waals surface area contributed by atoms with Gasteiger partial charge in [-0.05, 0) is 13.8 Å². The van der Waals surface area contributed by atoms with Gasteiger partial charge in [0.15, 0.2) is 0 Å². The number of aryl methyl sites for hydroxylation is 1. The molecule has 0 aliphatic rings. The summed E-state index contributed by atoms with van der Waals surface area (Å²) >= 11 is 0. The molecular formula is C12H13N5O4. The van der Waals surface area contributed by atoms with E-state index in [1.165, 1.54) is 17.1 Å². The van der Waals surface area contributed by atoms with Crippen LogP contribution in [0.3, 0.4) is 0 Å². The van der Waals surface area contributed by atoms with Gasteiger partial charge in [0.2, 0.25) is 0 Å². The maximum atomic E-state index is 11.1. The Kier molecular flexibility index (Phi) is 3.92. The third-order valence-corrected chi connectivity index (χ3v) is 2.99. The van der Waals surface area contributed by atoms with E-state index in [0.29, 0.717) is 22.5 Å². The molecule has 0 saturated heterocycles. The lowest BCUT2D eigenvalue weighted by molar-refractivity contribution is -0.386. The van der Waals surface area contributed by atoms with E-state index in [2.05, 4.69) is 15.3 Å². The fraction of sp³-hybridized carbons (Fsp3) is 0.333. The molecule has 0 saturated carbocycles. The summed E-state index contributed by atoms with van der Waals surface area (Å²) in [6.07, 6.45) is 2.71. The van der Waals surface area contributed by atoms with Crippen molar-refractivity contribution in [1.82, 2.24) is 20.0 Å². The van der Waals surface area contributed by atoms with Crippen LogP contribution in [0.5, 0.6) is 0 Å². The van der Waals surface area contributed by atoms with Gasteiger partial charge in [-0.1, -0.05) is 5.21 Å². The highest BCUT2D eigenvalue weighted by Gasteiger charge is 2.19. The van der Waals surface area contributed by atoms with Gasteiger partial charge in [-0.2, -0.15) is 0 Å². The van der Waals surface area contributed by atoms with E-state index in [1.54, 1.807) is 13.8 Å². The Balaban J connectivity index is 2.28. The van der Waals surface area contributed by atoms with E-state index in [4.69, 9.17) is 5.11 Å². The number of hydrogen-bond acceptors (Lipinski definition) is 6. The van der Waals surface area contributed by atoms with Gasteiger partial charge in [0, 0.05) is 18.0 Å². The Bertz CT molecular complexity index is 710. The predicted octanol–water partition coefficient (Wildman–Crippen LogP) is 0.874. The van der Waals surface area contributed by atoms with Crippen LogP contribution in [0.15, 0.2) is 12.4 Å². The van der Waals surface area contributed by atoms with Crippen LogP contribution in [-0.4, -0.2) is 36.0 Å². The highest BCUT2D eigenvalue weighted by molar-refractivity contribution is 5.69. The third kappa shape index (κ3) is 3.19. The second kappa shape index (κ2) is 5.65. The number of carbonyl (C=O) groups is 1. The number of aliphatic carboxylic acids is 1. The van der Waals surface area contributed by atoms with Crippen molar-refractivity contribution in [3.8, 4) is 0 Å². The van der Waals surface area contributed by atoms with Crippen molar-refractivity contribution < 1.29 is 14.8 Å². The molecule has 0 amide bonds. The zero-order chi connectivity index (χ0) is 15.6. The molecule has 2 aromatic heterocycles. The highest BCUT2D eigenvalue weighted by Crippen LogP contribution is 2.24. The molecule has 1 N–H and O–H groups in total. The van der Waals surface area contributed by atoms with E-state index in [-0.39, 0.29) is 18.7 Å². The molecule has 0 spiro atoms. The van der Waals surface area contributed by atoms with Crippen molar-refractivity contribution in [2.24, 2.45) is 0 Å². The van der Waals surface area contributed by atoms with Crippen LogP contribution in [0.25, 0.3) is 0 Å². The number of nitro groups is 1. The van der Waals surface area contributed by atoms with Crippen molar-refractivity contribution in [3.05, 3.63) is 45.0 Å². The first-order valence-corrected chi connectivity index (χ1v) is 6.08. The van der Waals surface area contributed by atoms with Crippen molar-refractivity contribution in [3.63, 3.8) is 0 Å². The molecule has 0 aromatic carbocycles. The number of hydrogen-bond donors (Lipinski definition) is 1. The molecule has 0 aliphatic heterocycles. The number of carboxylic acids is 1. The minimum absolute atomic E-state index is 0.0332. The Morgan fingerprint density at radius 3 is 2.81 bits per heavy atom. The van der Waals surface area contributed by atoms with Crippen molar-refractivity contribution in [2.75, 3.05) is 0 Å². The quantitative estimate of drug-likeness (QED) is 0.640. The van der Waals surface area contributed by atoms with Crippen molar-refractivity contribution in [2.45, 2.75) is 26.8 Å². The second-order valence-electron chi connectivity index (χ2n) is 4.60. The predicted molar refractivity (Wildman–Crippen MR) is 70.8 cm³/mol. The standard InChI is InChI=1S/C12H13N5O4/c1-7-4-13-10(8(2)12(7)17(20)21)6-16-5-9(14-15-16)3-11(18)19/h4-5H,3,6H2,1-2H3,(H,18,19). The maximum Gasteiger partial charge on any atom is 0.309 e. The van der Waals surface area contributed by atoms with Gasteiger partial charge in [0.05, 0.1) is 34.8 Å². The molecule has 0 fully saturated rings. The first kappa shape index (κ1) is 14.6. The minimum Gasteiger partial charge on any atom is -0.481 e. The summed E-state index contributed by atoms with van der Waals surface area (Å²) < 4.78 is 1.41. The molecular weight excluding hydrogens is 278 g/mol. The third-order valence-electron chi connectivity index (χ3n) is 2.99. The van der Waals surface area contributed by atoms with Crippen LogP contribution in [0.4, 0.5) is 5.69 Å². The minimum atomic E-state index is -0.998. The fourth-order valence-corrected chi connectivity index (χ4v) is 2.01. The lowest BCUT2D eigenvalue weighted by atomic mass is 10.1. The summed E-state index contributed by atoms with van der Waals surface area (Å²) in [6, 6.07) is 0. The summed E-state index contributed by atoms with van der Waals surface area (Å²) in [5, 5.41) is 27.2. The number of rotatable bonds is 5. The van der Waals surface area contributed by atoms with Crippen LogP contribution in [0.2, 0.25) is 0 Å². The molecule has 2 heterocycles. The van der Waals surface area contributed by atoms with Gasteiger partial charge < -0.3 is 5.11 Å². The van der Waals surface area contributed by atoms with Gasteiger partial charge in [0.25, 0.3) is 5.69 Å². The van der Waals surface area contributed by atoms with Gasteiger partial charge in [0.1, 0.15) is 0 Å². The normalized spacial score (nSPS) is 10.6. The smallest absolute Gasteiger partial charge is 0.309 e. The molecule has 0 radical (unpaired) electrons. The lowest BCUT2D eigenvalue weighted by Gasteiger charge is -2.07. The molecule has 0 aliphatic carbocycles. The maximum absolute atomic E-state index is 11.1. The SMILES string of the molecule is Cc1cnc(Cn2cc(CC(=O)O)nn2)c(C)c1[N+](=O)[O-]. The Morgan fingerprint density at radius 1 is 1.48 bits per heavy atom. The number of carboxylic acid groups (broad SMARTS) is 1. The van der Waals surface area contributed by atoms with Crippen LogP contribution in [0, 0.1) is 24.0 Å². The lowest BCUT2D eigenvalue weighted by Crippen LogP contribution is -2.07. The van der Waals surface area contributed by atoms with Crippen LogP contribution < -0.4 is 0 Å². The molecule has 21 heavy (non-hydrogen) atoms. The molecule has 0 bridgehead atoms. The molecule has 2 aromatic rings. The molecule has 110 valence electrons. The largest absolute Gasteiger partial charge is 0.481 e. The molecule has 9 heteroatoms. The Morgan fingerprint density at radius 2 is 2.19 bits per heavy atom. The average Bonchev–Trinajstić information content (AvgIpc) is 2.79. The van der Waals surface area contributed by atoms with Crippen molar-refractivity contribution >= 4 is 11.7 Å². The van der Waals surface area contributed by atoms with E-state index >= 15 is 0 Å². The second-order valence-corrected chi connectivity index (χ2v) is 4.60. The number of nitrogens with zero attached hydrogens (tertiary/aromatic N) is 5. The number of aromatic nitrogens is 4. The topological polar surface area (TPSA) is 124 Å². The molecule has 9 nitrogen and oxygen atoms in total.